The Morgan fingerprint density at radius 1 is 1.52 bits per heavy atom. The van der Waals surface area contributed by atoms with Crippen molar-refractivity contribution in [2.45, 2.75) is 45.1 Å². The standard InChI is InChI=1S/C15H20N4O2/c1-9-4-3-5-15(16,7-9)14-18-13(21-19-14)11-8-17-10(2)6-12(11)20/h6,8-9H,3-5,7,16H2,1-2H3,(H,17,20). The van der Waals surface area contributed by atoms with Crippen molar-refractivity contribution in [3.63, 3.8) is 0 Å². The number of nitrogens with one attached hydrogen (secondary N) is 1. The van der Waals surface area contributed by atoms with Gasteiger partial charge in [0.1, 0.15) is 5.56 Å². The lowest BCUT2D eigenvalue weighted by Gasteiger charge is -2.33. The first-order valence-electron chi connectivity index (χ1n) is 7.31. The summed E-state index contributed by atoms with van der Waals surface area (Å²) >= 11 is 0. The van der Waals surface area contributed by atoms with Crippen molar-refractivity contribution in [2.24, 2.45) is 11.7 Å². The highest BCUT2D eigenvalue weighted by atomic mass is 16.5. The molecule has 1 saturated carbocycles. The van der Waals surface area contributed by atoms with Gasteiger partial charge in [-0.15, -0.1) is 0 Å². The number of aromatic nitrogens is 3. The van der Waals surface area contributed by atoms with Crippen molar-refractivity contribution < 1.29 is 4.52 Å². The molecule has 0 aromatic carbocycles. The van der Waals surface area contributed by atoms with Gasteiger partial charge in [-0.3, -0.25) is 4.79 Å². The summed E-state index contributed by atoms with van der Waals surface area (Å²) in [6.07, 6.45) is 5.53. The Morgan fingerprint density at radius 3 is 3.05 bits per heavy atom. The topological polar surface area (TPSA) is 97.8 Å². The van der Waals surface area contributed by atoms with E-state index in [1.165, 1.54) is 12.5 Å². The lowest BCUT2D eigenvalue weighted by atomic mass is 9.76. The Labute approximate surface area is 122 Å². The lowest BCUT2D eigenvalue weighted by Crippen LogP contribution is -2.42. The number of nitrogens with zero attached hydrogens (tertiary/aromatic N) is 2. The van der Waals surface area contributed by atoms with E-state index in [0.29, 0.717) is 17.3 Å². The minimum atomic E-state index is -0.545. The second-order valence-corrected chi connectivity index (χ2v) is 6.17. The highest BCUT2D eigenvalue weighted by Crippen LogP contribution is 2.36. The summed E-state index contributed by atoms with van der Waals surface area (Å²) in [5.41, 5.74) is 6.95. The molecular formula is C15H20N4O2. The second kappa shape index (κ2) is 5.11. The van der Waals surface area contributed by atoms with Gasteiger partial charge in [-0.1, -0.05) is 24.9 Å². The maximum absolute atomic E-state index is 12.0. The molecule has 1 aliphatic rings. The van der Waals surface area contributed by atoms with E-state index in [2.05, 4.69) is 22.0 Å². The Morgan fingerprint density at radius 2 is 2.33 bits per heavy atom. The molecule has 2 unspecified atom stereocenters. The van der Waals surface area contributed by atoms with E-state index in [1.807, 2.05) is 6.92 Å². The SMILES string of the molecule is Cc1cc(=O)c(-c2nc(C3(N)CCCC(C)C3)no2)c[nH]1. The van der Waals surface area contributed by atoms with Crippen LogP contribution in [0.1, 0.15) is 44.1 Å². The maximum Gasteiger partial charge on any atom is 0.263 e. The monoisotopic (exact) mass is 288 g/mol. The van der Waals surface area contributed by atoms with Gasteiger partial charge < -0.3 is 15.2 Å². The van der Waals surface area contributed by atoms with Crippen molar-refractivity contribution in [3.05, 3.63) is 34.0 Å². The predicted molar refractivity (Wildman–Crippen MR) is 78.6 cm³/mol. The molecule has 2 aromatic heterocycles. The second-order valence-electron chi connectivity index (χ2n) is 6.17. The van der Waals surface area contributed by atoms with Gasteiger partial charge in [0.2, 0.25) is 0 Å². The third-order valence-corrected chi connectivity index (χ3v) is 4.19. The molecular weight excluding hydrogens is 268 g/mol. The smallest absolute Gasteiger partial charge is 0.263 e. The Kier molecular flexibility index (Phi) is 3.41. The summed E-state index contributed by atoms with van der Waals surface area (Å²) < 4.78 is 5.26. The third-order valence-electron chi connectivity index (χ3n) is 4.19. The van der Waals surface area contributed by atoms with Gasteiger partial charge in [-0.05, 0) is 25.7 Å². The first-order valence-corrected chi connectivity index (χ1v) is 7.31. The van der Waals surface area contributed by atoms with Crippen molar-refractivity contribution in [2.75, 3.05) is 0 Å². The zero-order chi connectivity index (χ0) is 15.0. The Hall–Kier alpha value is -1.95. The number of nitrogens with two attached hydrogens (primary N) is 1. The van der Waals surface area contributed by atoms with E-state index >= 15 is 0 Å². The highest BCUT2D eigenvalue weighted by Gasteiger charge is 2.37. The first-order chi connectivity index (χ1) is 9.98. The van der Waals surface area contributed by atoms with Gasteiger partial charge in [0.25, 0.3) is 5.89 Å². The van der Waals surface area contributed by atoms with Crippen LogP contribution in [0.5, 0.6) is 0 Å². The number of rotatable bonds is 2. The van der Waals surface area contributed by atoms with Crippen LogP contribution in [-0.2, 0) is 5.54 Å². The minimum Gasteiger partial charge on any atom is -0.364 e. The molecule has 3 N–H and O–H groups in total. The minimum absolute atomic E-state index is 0.135. The van der Waals surface area contributed by atoms with Crippen LogP contribution in [0.2, 0.25) is 0 Å². The number of aryl methyl sites for hydroxylation is 1. The number of aromatic amines is 1. The Balaban J connectivity index is 1.94. The zero-order valence-electron chi connectivity index (χ0n) is 12.3. The van der Waals surface area contributed by atoms with Gasteiger partial charge in [0.05, 0.1) is 5.54 Å². The van der Waals surface area contributed by atoms with Crippen LogP contribution >= 0.6 is 0 Å². The molecule has 2 heterocycles. The average molecular weight is 288 g/mol. The van der Waals surface area contributed by atoms with Gasteiger partial charge in [-0.25, -0.2) is 0 Å². The van der Waals surface area contributed by atoms with E-state index in [0.717, 1.165) is 25.0 Å². The molecule has 2 atom stereocenters. The maximum atomic E-state index is 12.0. The fourth-order valence-corrected chi connectivity index (χ4v) is 3.07. The summed E-state index contributed by atoms with van der Waals surface area (Å²) in [6.45, 7) is 4.01. The fraction of sp³-hybridized carbons (Fsp3) is 0.533. The number of hydrogen-bond donors (Lipinski definition) is 2. The number of hydrogen-bond acceptors (Lipinski definition) is 5. The molecule has 112 valence electrons. The summed E-state index contributed by atoms with van der Waals surface area (Å²) in [7, 11) is 0. The first kappa shape index (κ1) is 14.0. The molecule has 6 nitrogen and oxygen atoms in total. The molecule has 0 spiro atoms. The molecule has 3 rings (SSSR count). The quantitative estimate of drug-likeness (QED) is 0.881. The molecule has 0 bridgehead atoms. The predicted octanol–water partition coefficient (Wildman–Crippen LogP) is 2.10. The molecule has 1 fully saturated rings. The zero-order valence-corrected chi connectivity index (χ0v) is 12.3. The summed E-state index contributed by atoms with van der Waals surface area (Å²) in [5, 5.41) is 4.02. The van der Waals surface area contributed by atoms with Crippen LogP contribution in [0.4, 0.5) is 0 Å². The molecule has 0 radical (unpaired) electrons. The third kappa shape index (κ3) is 2.63. The average Bonchev–Trinajstić information content (AvgIpc) is 2.88. The van der Waals surface area contributed by atoms with Gasteiger partial charge in [-0.2, -0.15) is 4.98 Å². The number of H-pyrrole nitrogens is 1. The van der Waals surface area contributed by atoms with Crippen LogP contribution < -0.4 is 11.2 Å². The lowest BCUT2D eigenvalue weighted by molar-refractivity contribution is 0.222. The van der Waals surface area contributed by atoms with E-state index in [-0.39, 0.29) is 11.3 Å². The molecule has 0 amide bonds. The van der Waals surface area contributed by atoms with Gasteiger partial charge in [0, 0.05) is 18.0 Å². The molecule has 6 heteroatoms. The van der Waals surface area contributed by atoms with E-state index in [1.54, 1.807) is 6.20 Å². The largest absolute Gasteiger partial charge is 0.364 e. The molecule has 21 heavy (non-hydrogen) atoms. The van der Waals surface area contributed by atoms with Crippen molar-refractivity contribution in [1.82, 2.24) is 15.1 Å². The van der Waals surface area contributed by atoms with Gasteiger partial charge in [0.15, 0.2) is 11.3 Å². The van der Waals surface area contributed by atoms with Crippen molar-refractivity contribution in [1.29, 1.82) is 0 Å². The molecule has 0 aliphatic heterocycles. The van der Waals surface area contributed by atoms with Crippen LogP contribution in [0.15, 0.2) is 21.6 Å². The normalized spacial score (nSPS) is 26.0. The molecule has 2 aromatic rings. The summed E-state index contributed by atoms with van der Waals surface area (Å²) in [5.74, 6) is 1.28. The highest BCUT2D eigenvalue weighted by molar-refractivity contribution is 5.51. The van der Waals surface area contributed by atoms with Crippen LogP contribution in [-0.4, -0.2) is 15.1 Å². The summed E-state index contributed by atoms with van der Waals surface area (Å²) in [6, 6.07) is 1.51. The van der Waals surface area contributed by atoms with Crippen molar-refractivity contribution in [3.8, 4) is 11.5 Å². The van der Waals surface area contributed by atoms with Crippen LogP contribution in [0, 0.1) is 12.8 Å². The fourth-order valence-electron chi connectivity index (χ4n) is 3.07. The molecule has 1 aliphatic carbocycles. The summed E-state index contributed by atoms with van der Waals surface area (Å²) in [4.78, 5) is 19.3. The van der Waals surface area contributed by atoms with E-state index < -0.39 is 5.54 Å². The Bertz CT molecular complexity index is 706. The van der Waals surface area contributed by atoms with Gasteiger partial charge >= 0.3 is 0 Å². The van der Waals surface area contributed by atoms with E-state index in [9.17, 15) is 4.79 Å². The van der Waals surface area contributed by atoms with Crippen LogP contribution in [0.25, 0.3) is 11.5 Å². The van der Waals surface area contributed by atoms with Crippen LogP contribution in [0.3, 0.4) is 0 Å². The molecule has 0 saturated heterocycles. The van der Waals surface area contributed by atoms with Crippen molar-refractivity contribution >= 4 is 0 Å². The van der Waals surface area contributed by atoms with E-state index in [4.69, 9.17) is 10.3 Å². The number of pyridine rings is 1.